The average Bonchev–Trinajstić information content (AvgIpc) is 3.01. The molecule has 142 valence electrons. The zero-order valence-corrected chi connectivity index (χ0v) is 17.2. The van der Waals surface area contributed by atoms with E-state index in [1.807, 2.05) is 19.1 Å². The Hall–Kier alpha value is -1.82. The van der Waals surface area contributed by atoms with Gasteiger partial charge in [0.2, 0.25) is 5.91 Å². The summed E-state index contributed by atoms with van der Waals surface area (Å²) >= 11 is 1.64. The van der Waals surface area contributed by atoms with E-state index in [0.717, 1.165) is 17.0 Å². The first-order valence-corrected chi connectivity index (χ1v) is 8.15. The number of aryl methyl sites for hydroxylation is 1. The first kappa shape index (κ1) is 22.2. The van der Waals surface area contributed by atoms with E-state index in [4.69, 9.17) is 0 Å². The molecule has 1 aromatic carbocycles. The van der Waals surface area contributed by atoms with Crippen LogP contribution in [0.5, 0.6) is 0 Å². The zero-order valence-electron chi connectivity index (χ0n) is 14.0. The molecule has 2 rings (SSSR count). The minimum Gasteiger partial charge on any atom is -0.352 e. The molecule has 0 fully saturated rings. The number of carbonyl (C=O) groups is 1. The maximum atomic E-state index is 13.5. The third kappa shape index (κ3) is 6.16. The fourth-order valence-electron chi connectivity index (χ4n) is 1.95. The van der Waals surface area contributed by atoms with Gasteiger partial charge in [0.1, 0.15) is 0 Å². The number of carbonyl (C=O) groups excluding carboxylic acids is 1. The van der Waals surface area contributed by atoms with Gasteiger partial charge in [0.25, 0.3) is 0 Å². The number of hydrogen-bond acceptors (Lipinski definition) is 3. The summed E-state index contributed by atoms with van der Waals surface area (Å²) in [6.45, 7) is 2.32. The number of anilines is 1. The van der Waals surface area contributed by atoms with Gasteiger partial charge in [0, 0.05) is 16.8 Å². The molecule has 0 aliphatic rings. The number of thiophene rings is 1. The van der Waals surface area contributed by atoms with Gasteiger partial charge >= 0.3 is 0 Å². The molecule has 0 bridgehead atoms. The summed E-state index contributed by atoms with van der Waals surface area (Å²) in [4.78, 5) is 18.1. The first-order valence-electron chi connectivity index (χ1n) is 7.34. The second-order valence-corrected chi connectivity index (χ2v) is 6.44. The molecule has 26 heavy (non-hydrogen) atoms. The molecule has 3 N–H and O–H groups in total. The lowest BCUT2D eigenvalue weighted by atomic mass is 10.2. The van der Waals surface area contributed by atoms with Crippen LogP contribution in [0.1, 0.15) is 9.75 Å². The molecule has 0 spiro atoms. The molecule has 1 aromatic heterocycles. The van der Waals surface area contributed by atoms with Crippen molar-refractivity contribution in [3.63, 3.8) is 0 Å². The predicted octanol–water partition coefficient (Wildman–Crippen LogP) is 3.40. The van der Waals surface area contributed by atoms with Crippen molar-refractivity contribution in [3.8, 4) is 0 Å². The highest BCUT2D eigenvalue weighted by atomic mass is 127. The van der Waals surface area contributed by atoms with Gasteiger partial charge in [0.15, 0.2) is 23.4 Å². The molecule has 0 aliphatic carbocycles. The van der Waals surface area contributed by atoms with Crippen LogP contribution in [-0.4, -0.2) is 25.5 Å². The second kappa shape index (κ2) is 10.4. The number of nitrogens with zero attached hydrogens (tertiary/aromatic N) is 1. The van der Waals surface area contributed by atoms with E-state index < -0.39 is 29.0 Å². The van der Waals surface area contributed by atoms with Crippen molar-refractivity contribution >= 4 is 52.9 Å². The Morgan fingerprint density at radius 2 is 1.85 bits per heavy atom. The standard InChI is InChI=1S/C16H17F3N4OS.HI/c1-9-3-4-10(25-9)7-21-16(20-2)22-8-13(24)23-12-6-5-11(17)14(18)15(12)19;/h3-6H,7-8H2,1-2H3,(H,23,24)(H2,20,21,22);1H. The van der Waals surface area contributed by atoms with Crippen LogP contribution in [0.4, 0.5) is 18.9 Å². The van der Waals surface area contributed by atoms with Crippen LogP contribution in [0.3, 0.4) is 0 Å². The van der Waals surface area contributed by atoms with Crippen LogP contribution in [-0.2, 0) is 11.3 Å². The molecule has 2 aromatic rings. The molecular formula is C16H18F3IN4OS. The van der Waals surface area contributed by atoms with Crippen molar-refractivity contribution in [1.82, 2.24) is 10.6 Å². The van der Waals surface area contributed by atoms with Gasteiger partial charge in [-0.05, 0) is 31.2 Å². The first-order chi connectivity index (χ1) is 11.9. The molecule has 0 aliphatic heterocycles. The summed E-state index contributed by atoms with van der Waals surface area (Å²) in [6.07, 6.45) is 0. The number of guanidine groups is 1. The van der Waals surface area contributed by atoms with E-state index in [9.17, 15) is 18.0 Å². The number of hydrogen-bond donors (Lipinski definition) is 3. The number of benzene rings is 1. The maximum Gasteiger partial charge on any atom is 0.243 e. The third-order valence-electron chi connectivity index (χ3n) is 3.18. The third-order valence-corrected chi connectivity index (χ3v) is 4.18. The highest BCUT2D eigenvalue weighted by Gasteiger charge is 2.15. The van der Waals surface area contributed by atoms with Crippen LogP contribution in [0.2, 0.25) is 0 Å². The van der Waals surface area contributed by atoms with Crippen LogP contribution in [0.25, 0.3) is 0 Å². The van der Waals surface area contributed by atoms with E-state index in [-0.39, 0.29) is 30.5 Å². The quantitative estimate of drug-likeness (QED) is 0.256. The number of aliphatic imine (C=N–C) groups is 1. The fourth-order valence-corrected chi connectivity index (χ4v) is 2.78. The number of rotatable bonds is 5. The normalized spacial score (nSPS) is 10.9. The van der Waals surface area contributed by atoms with Crippen molar-refractivity contribution in [2.24, 2.45) is 4.99 Å². The molecule has 5 nitrogen and oxygen atoms in total. The summed E-state index contributed by atoms with van der Waals surface area (Å²) in [5.41, 5.74) is -0.428. The highest BCUT2D eigenvalue weighted by molar-refractivity contribution is 14.0. The van der Waals surface area contributed by atoms with E-state index >= 15 is 0 Å². The Bertz CT molecular complexity index is 798. The van der Waals surface area contributed by atoms with Gasteiger partial charge < -0.3 is 16.0 Å². The van der Waals surface area contributed by atoms with Gasteiger partial charge in [-0.15, -0.1) is 35.3 Å². The van der Waals surface area contributed by atoms with Gasteiger partial charge in [-0.25, -0.2) is 13.2 Å². The van der Waals surface area contributed by atoms with Gasteiger partial charge in [-0.3, -0.25) is 9.79 Å². The topological polar surface area (TPSA) is 65.5 Å². The maximum absolute atomic E-state index is 13.5. The minimum absolute atomic E-state index is 0. The smallest absolute Gasteiger partial charge is 0.243 e. The monoisotopic (exact) mass is 498 g/mol. The Morgan fingerprint density at radius 3 is 2.46 bits per heavy atom. The summed E-state index contributed by atoms with van der Waals surface area (Å²) in [7, 11) is 1.54. The second-order valence-electron chi connectivity index (χ2n) is 5.06. The van der Waals surface area contributed by atoms with Gasteiger partial charge in [-0.1, -0.05) is 0 Å². The molecular weight excluding hydrogens is 480 g/mol. The van der Waals surface area contributed by atoms with Crippen molar-refractivity contribution in [1.29, 1.82) is 0 Å². The van der Waals surface area contributed by atoms with Crippen LogP contribution >= 0.6 is 35.3 Å². The molecule has 0 radical (unpaired) electrons. The SMILES string of the molecule is CN=C(NCC(=O)Nc1ccc(F)c(F)c1F)NCc1ccc(C)s1.I. The molecule has 1 heterocycles. The van der Waals surface area contributed by atoms with E-state index in [0.29, 0.717) is 12.5 Å². The predicted molar refractivity (Wildman–Crippen MR) is 108 cm³/mol. The van der Waals surface area contributed by atoms with Gasteiger partial charge in [-0.2, -0.15) is 0 Å². The summed E-state index contributed by atoms with van der Waals surface area (Å²) < 4.78 is 39.5. The highest BCUT2D eigenvalue weighted by Crippen LogP contribution is 2.19. The van der Waals surface area contributed by atoms with Crippen molar-refractivity contribution in [3.05, 3.63) is 51.5 Å². The van der Waals surface area contributed by atoms with Crippen molar-refractivity contribution in [2.75, 3.05) is 18.9 Å². The van der Waals surface area contributed by atoms with Crippen LogP contribution < -0.4 is 16.0 Å². The van der Waals surface area contributed by atoms with E-state index in [1.165, 1.54) is 4.88 Å². The fraction of sp³-hybridized carbons (Fsp3) is 0.250. The minimum atomic E-state index is -1.63. The number of halogens is 4. The molecule has 10 heteroatoms. The lowest BCUT2D eigenvalue weighted by molar-refractivity contribution is -0.115. The van der Waals surface area contributed by atoms with Crippen molar-refractivity contribution in [2.45, 2.75) is 13.5 Å². The Balaban J connectivity index is 0.00000338. The number of amides is 1. The van der Waals surface area contributed by atoms with Crippen LogP contribution in [0.15, 0.2) is 29.3 Å². The van der Waals surface area contributed by atoms with Crippen LogP contribution in [0, 0.1) is 24.4 Å². The lowest BCUT2D eigenvalue weighted by Gasteiger charge is -2.12. The summed E-state index contributed by atoms with van der Waals surface area (Å²) in [5.74, 6) is -4.63. The molecule has 0 saturated carbocycles. The van der Waals surface area contributed by atoms with Crippen molar-refractivity contribution < 1.29 is 18.0 Å². The average molecular weight is 498 g/mol. The molecule has 0 saturated heterocycles. The Morgan fingerprint density at radius 1 is 1.12 bits per heavy atom. The summed E-state index contributed by atoms with van der Waals surface area (Å²) in [5, 5.41) is 7.96. The van der Waals surface area contributed by atoms with E-state index in [1.54, 1.807) is 18.4 Å². The Kier molecular flexibility index (Phi) is 8.85. The Labute approximate surface area is 170 Å². The number of nitrogens with one attached hydrogen (secondary N) is 3. The van der Waals surface area contributed by atoms with E-state index in [2.05, 4.69) is 20.9 Å². The molecule has 0 unspecified atom stereocenters. The van der Waals surface area contributed by atoms with Gasteiger partial charge in [0.05, 0.1) is 18.8 Å². The summed E-state index contributed by atoms with van der Waals surface area (Å²) in [6, 6.07) is 5.68. The molecule has 1 amide bonds. The largest absolute Gasteiger partial charge is 0.352 e. The molecule has 0 atom stereocenters. The zero-order chi connectivity index (χ0) is 18.4. The lowest BCUT2D eigenvalue weighted by Crippen LogP contribution is -2.41.